The first kappa shape index (κ1) is 19.7. The molecule has 0 atom stereocenters. The van der Waals surface area contributed by atoms with Gasteiger partial charge in [-0.3, -0.25) is 4.79 Å². The van der Waals surface area contributed by atoms with E-state index in [9.17, 15) is 9.18 Å². The molecule has 140 valence electrons. The molecule has 0 heterocycles. The summed E-state index contributed by atoms with van der Waals surface area (Å²) in [6.45, 7) is 2.09. The first-order valence-electron chi connectivity index (χ1n) is 8.61. The molecule has 26 heavy (non-hydrogen) atoms. The Labute approximate surface area is 153 Å². The molecule has 0 saturated heterocycles. The third-order valence-corrected chi connectivity index (χ3v) is 3.62. The van der Waals surface area contributed by atoms with Crippen LogP contribution in [0.25, 0.3) is 0 Å². The van der Waals surface area contributed by atoms with Crippen molar-refractivity contribution in [1.82, 2.24) is 5.32 Å². The number of carbonyl (C=O) groups is 1. The maximum absolute atomic E-state index is 12.9. The van der Waals surface area contributed by atoms with Crippen LogP contribution in [-0.4, -0.2) is 32.8 Å². The fraction of sp³-hybridized carbons (Fsp3) is 0.350. The Morgan fingerprint density at radius 2 is 1.54 bits per heavy atom. The smallest absolute Gasteiger partial charge is 0.306 e. The van der Waals surface area contributed by atoms with Crippen molar-refractivity contribution in [3.8, 4) is 17.2 Å². The van der Waals surface area contributed by atoms with Gasteiger partial charge in [-0.15, -0.1) is 0 Å². The van der Waals surface area contributed by atoms with Crippen LogP contribution < -0.4 is 14.8 Å². The van der Waals surface area contributed by atoms with E-state index in [0.717, 1.165) is 25.1 Å². The van der Waals surface area contributed by atoms with Crippen LogP contribution >= 0.6 is 0 Å². The average molecular weight is 361 g/mol. The highest BCUT2D eigenvalue weighted by Crippen LogP contribution is 2.24. The number of rotatable bonds is 11. The molecule has 0 aromatic heterocycles. The van der Waals surface area contributed by atoms with E-state index in [1.165, 1.54) is 19.2 Å². The lowest BCUT2D eigenvalue weighted by Gasteiger charge is -2.09. The van der Waals surface area contributed by atoms with Crippen molar-refractivity contribution in [2.24, 2.45) is 0 Å². The van der Waals surface area contributed by atoms with Gasteiger partial charge in [-0.2, -0.15) is 0 Å². The van der Waals surface area contributed by atoms with Crippen molar-refractivity contribution < 1.29 is 23.4 Å². The van der Waals surface area contributed by atoms with E-state index in [4.69, 9.17) is 9.47 Å². The Balaban J connectivity index is 1.59. The van der Waals surface area contributed by atoms with Gasteiger partial charge < -0.3 is 19.5 Å². The van der Waals surface area contributed by atoms with Crippen LogP contribution in [0.1, 0.15) is 19.3 Å². The normalized spacial score (nSPS) is 10.4. The summed E-state index contributed by atoms with van der Waals surface area (Å²) >= 11 is 0. The quantitative estimate of drug-likeness (QED) is 0.485. The first-order valence-corrected chi connectivity index (χ1v) is 8.61. The Morgan fingerprint density at radius 1 is 0.923 bits per heavy atom. The number of methoxy groups -OCH3 is 1. The Morgan fingerprint density at radius 3 is 2.19 bits per heavy atom. The van der Waals surface area contributed by atoms with Gasteiger partial charge in [-0.05, 0) is 67.9 Å². The van der Waals surface area contributed by atoms with E-state index in [1.807, 2.05) is 24.3 Å². The summed E-state index contributed by atoms with van der Waals surface area (Å²) in [4.78, 5) is 10.9. The lowest BCUT2D eigenvalue weighted by Crippen LogP contribution is -2.20. The molecule has 0 aliphatic rings. The predicted octanol–water partition coefficient (Wildman–Crippen LogP) is 3.93. The fourth-order valence-corrected chi connectivity index (χ4v) is 2.20. The molecule has 6 heteroatoms. The number of unbranched alkanes of at least 4 members (excludes halogenated alkanes) is 1. The van der Waals surface area contributed by atoms with Gasteiger partial charge in [0.15, 0.2) is 0 Å². The summed E-state index contributed by atoms with van der Waals surface area (Å²) in [7, 11) is 1.39. The summed E-state index contributed by atoms with van der Waals surface area (Å²) < 4.78 is 28.7. The summed E-state index contributed by atoms with van der Waals surface area (Å²) in [5.41, 5.74) is 0. The number of esters is 1. The lowest BCUT2D eigenvalue weighted by atomic mass is 10.3. The summed E-state index contributed by atoms with van der Waals surface area (Å²) in [6, 6.07) is 13.2. The molecule has 0 aliphatic carbocycles. The molecule has 0 aliphatic heterocycles. The maximum atomic E-state index is 12.9. The van der Waals surface area contributed by atoms with Crippen LogP contribution in [0, 0.1) is 5.82 Å². The first-order chi connectivity index (χ1) is 12.7. The van der Waals surface area contributed by atoms with Crippen molar-refractivity contribution >= 4 is 5.97 Å². The third-order valence-electron chi connectivity index (χ3n) is 3.62. The Bertz CT molecular complexity index is 659. The van der Waals surface area contributed by atoms with Crippen LogP contribution in [0.4, 0.5) is 4.39 Å². The lowest BCUT2D eigenvalue weighted by molar-refractivity contribution is -0.140. The van der Waals surface area contributed by atoms with Gasteiger partial charge in [0.25, 0.3) is 0 Å². The summed E-state index contributed by atoms with van der Waals surface area (Å²) in [5.74, 6) is 1.53. The highest BCUT2D eigenvalue weighted by molar-refractivity contribution is 5.69. The molecule has 0 radical (unpaired) electrons. The molecule has 0 unspecified atom stereocenters. The molecule has 0 bridgehead atoms. The largest absolute Gasteiger partial charge is 0.494 e. The van der Waals surface area contributed by atoms with E-state index in [1.54, 1.807) is 12.1 Å². The molecule has 0 saturated carbocycles. The monoisotopic (exact) mass is 361 g/mol. The molecule has 2 aromatic rings. The van der Waals surface area contributed by atoms with Crippen LogP contribution in [0.15, 0.2) is 48.5 Å². The number of hydrogen-bond donors (Lipinski definition) is 1. The van der Waals surface area contributed by atoms with Gasteiger partial charge in [-0.1, -0.05) is 0 Å². The molecule has 0 spiro atoms. The molecule has 1 N–H and O–H groups in total. The zero-order valence-corrected chi connectivity index (χ0v) is 14.9. The van der Waals surface area contributed by atoms with Gasteiger partial charge in [-0.25, -0.2) is 4.39 Å². The van der Waals surface area contributed by atoms with Gasteiger partial charge in [0.05, 0.1) is 20.1 Å². The van der Waals surface area contributed by atoms with Crippen molar-refractivity contribution in [3.63, 3.8) is 0 Å². The second kappa shape index (κ2) is 11.1. The van der Waals surface area contributed by atoms with Gasteiger partial charge >= 0.3 is 5.97 Å². The minimum absolute atomic E-state index is 0.201. The van der Waals surface area contributed by atoms with Crippen LogP contribution in [0.5, 0.6) is 17.2 Å². The summed E-state index contributed by atoms with van der Waals surface area (Å²) in [6.07, 6.45) is 2.27. The van der Waals surface area contributed by atoms with Gasteiger partial charge in [0.1, 0.15) is 23.1 Å². The second-order valence-corrected chi connectivity index (χ2v) is 5.66. The second-order valence-electron chi connectivity index (χ2n) is 5.66. The van der Waals surface area contributed by atoms with Crippen molar-refractivity contribution in [3.05, 3.63) is 54.3 Å². The number of benzene rings is 2. The summed E-state index contributed by atoms with van der Waals surface area (Å²) in [5, 5.41) is 3.19. The van der Waals surface area contributed by atoms with E-state index in [2.05, 4.69) is 10.1 Å². The number of nitrogens with one attached hydrogen (secondary N) is 1. The van der Waals surface area contributed by atoms with E-state index >= 15 is 0 Å². The number of ether oxygens (including phenoxy) is 3. The standard InChI is InChI=1S/C20H24FNO4/c1-24-20(23)12-14-22-13-2-3-15-25-17-8-10-19(11-9-17)26-18-6-4-16(21)5-7-18/h4-11,22H,2-3,12-15H2,1H3. The van der Waals surface area contributed by atoms with E-state index < -0.39 is 0 Å². The Kier molecular flexibility index (Phi) is 8.42. The number of carbonyl (C=O) groups excluding carboxylic acids is 1. The zero-order valence-electron chi connectivity index (χ0n) is 14.9. The molecule has 0 amide bonds. The zero-order chi connectivity index (χ0) is 18.6. The molecule has 5 nitrogen and oxygen atoms in total. The van der Waals surface area contributed by atoms with Crippen LogP contribution in [0.3, 0.4) is 0 Å². The minimum atomic E-state index is -0.292. The fourth-order valence-electron chi connectivity index (χ4n) is 2.20. The van der Waals surface area contributed by atoms with Crippen LogP contribution in [-0.2, 0) is 9.53 Å². The van der Waals surface area contributed by atoms with Crippen LogP contribution in [0.2, 0.25) is 0 Å². The van der Waals surface area contributed by atoms with Crippen molar-refractivity contribution in [1.29, 1.82) is 0 Å². The Hall–Kier alpha value is -2.60. The topological polar surface area (TPSA) is 56.8 Å². The highest BCUT2D eigenvalue weighted by atomic mass is 19.1. The van der Waals surface area contributed by atoms with Crippen molar-refractivity contribution in [2.75, 3.05) is 26.8 Å². The number of hydrogen-bond acceptors (Lipinski definition) is 5. The molecule has 2 aromatic carbocycles. The van der Waals surface area contributed by atoms with Gasteiger partial charge in [0.2, 0.25) is 0 Å². The number of halogens is 1. The van der Waals surface area contributed by atoms with Gasteiger partial charge in [0, 0.05) is 6.54 Å². The third kappa shape index (κ3) is 7.53. The predicted molar refractivity (Wildman–Crippen MR) is 97.1 cm³/mol. The molecule has 2 rings (SSSR count). The molecule has 0 fully saturated rings. The minimum Gasteiger partial charge on any atom is -0.494 e. The maximum Gasteiger partial charge on any atom is 0.306 e. The SMILES string of the molecule is COC(=O)CCNCCCCOc1ccc(Oc2ccc(F)cc2)cc1. The van der Waals surface area contributed by atoms with E-state index in [-0.39, 0.29) is 11.8 Å². The van der Waals surface area contributed by atoms with Crippen molar-refractivity contribution in [2.45, 2.75) is 19.3 Å². The molecular weight excluding hydrogens is 337 g/mol. The average Bonchev–Trinajstić information content (AvgIpc) is 2.66. The van der Waals surface area contributed by atoms with E-state index in [0.29, 0.717) is 31.1 Å². The highest BCUT2D eigenvalue weighted by Gasteiger charge is 2.00. The molecular formula is C20H24FNO4.